The van der Waals surface area contributed by atoms with Crippen LogP contribution in [0, 0.1) is 6.92 Å². The van der Waals surface area contributed by atoms with Crippen molar-refractivity contribution in [1.29, 1.82) is 0 Å². The standard InChI is InChI=1S/C38H51N3O5/c1-6-7-8-9-10-14-24-41(34(31-19-15-16-28(2)25-31)35(43)39-27-30-17-12-11-13-18-30)36(44)33(40-37(45)46-38(3,4)5)26-29-20-22-32(42)23-21-29/h11-13,15-23,25,33-34,42H,6-10,14,24,26-27H2,1-5H3,(H,39,43)(H,40,45). The van der Waals surface area contributed by atoms with Crippen molar-refractivity contribution >= 4 is 17.9 Å². The third-order valence-electron chi connectivity index (χ3n) is 7.63. The number of aryl methyl sites for hydroxylation is 1. The van der Waals surface area contributed by atoms with Crippen LogP contribution in [0.15, 0.2) is 78.9 Å². The number of unbranched alkanes of at least 4 members (excludes halogenated alkanes) is 5. The number of nitrogens with zero attached hydrogens (tertiary/aromatic N) is 1. The Kier molecular flexibility index (Phi) is 14.1. The summed E-state index contributed by atoms with van der Waals surface area (Å²) in [6.45, 7) is 10.1. The average Bonchev–Trinajstić information content (AvgIpc) is 3.01. The van der Waals surface area contributed by atoms with E-state index < -0.39 is 23.8 Å². The highest BCUT2D eigenvalue weighted by molar-refractivity contribution is 5.92. The van der Waals surface area contributed by atoms with Gasteiger partial charge in [0.1, 0.15) is 23.4 Å². The lowest BCUT2D eigenvalue weighted by Gasteiger charge is -2.35. The summed E-state index contributed by atoms with van der Waals surface area (Å²) in [5.74, 6) is -0.575. The predicted molar refractivity (Wildman–Crippen MR) is 182 cm³/mol. The first-order chi connectivity index (χ1) is 22.0. The van der Waals surface area contributed by atoms with E-state index in [4.69, 9.17) is 4.74 Å². The maximum atomic E-state index is 14.7. The zero-order valence-corrected chi connectivity index (χ0v) is 28.1. The third-order valence-corrected chi connectivity index (χ3v) is 7.63. The number of hydrogen-bond acceptors (Lipinski definition) is 5. The summed E-state index contributed by atoms with van der Waals surface area (Å²) < 4.78 is 5.55. The van der Waals surface area contributed by atoms with Gasteiger partial charge >= 0.3 is 6.09 Å². The van der Waals surface area contributed by atoms with Gasteiger partial charge in [-0.05, 0) is 62.9 Å². The van der Waals surface area contributed by atoms with E-state index in [0.717, 1.165) is 48.8 Å². The Morgan fingerprint density at radius 2 is 1.52 bits per heavy atom. The number of carbonyl (C=O) groups is 3. The molecule has 0 aliphatic carbocycles. The summed E-state index contributed by atoms with van der Waals surface area (Å²) in [4.78, 5) is 43.5. The van der Waals surface area contributed by atoms with E-state index in [2.05, 4.69) is 17.6 Å². The summed E-state index contributed by atoms with van der Waals surface area (Å²) in [5, 5.41) is 15.7. The quantitative estimate of drug-likeness (QED) is 0.143. The SMILES string of the molecule is CCCCCCCCN(C(=O)C(Cc1ccc(O)cc1)NC(=O)OC(C)(C)C)C(C(=O)NCc1ccccc1)c1cccc(C)c1. The van der Waals surface area contributed by atoms with Gasteiger partial charge in [0, 0.05) is 19.5 Å². The van der Waals surface area contributed by atoms with E-state index in [1.807, 2.05) is 61.5 Å². The van der Waals surface area contributed by atoms with Crippen LogP contribution in [0.1, 0.15) is 94.5 Å². The van der Waals surface area contributed by atoms with E-state index in [9.17, 15) is 19.5 Å². The van der Waals surface area contributed by atoms with E-state index >= 15 is 0 Å². The molecular formula is C38H51N3O5. The van der Waals surface area contributed by atoms with Gasteiger partial charge in [0.15, 0.2) is 0 Å². The van der Waals surface area contributed by atoms with E-state index in [1.54, 1.807) is 49.9 Å². The van der Waals surface area contributed by atoms with Crippen molar-refractivity contribution in [3.05, 3.63) is 101 Å². The van der Waals surface area contributed by atoms with Crippen molar-refractivity contribution in [3.8, 4) is 5.75 Å². The van der Waals surface area contributed by atoms with Gasteiger partial charge in [-0.25, -0.2) is 4.79 Å². The van der Waals surface area contributed by atoms with Gasteiger partial charge in [-0.2, -0.15) is 0 Å². The Labute approximate surface area is 274 Å². The monoisotopic (exact) mass is 629 g/mol. The zero-order valence-electron chi connectivity index (χ0n) is 28.1. The van der Waals surface area contributed by atoms with Gasteiger partial charge in [-0.15, -0.1) is 0 Å². The number of aromatic hydroxyl groups is 1. The molecule has 0 aromatic heterocycles. The Balaban J connectivity index is 2.01. The topological polar surface area (TPSA) is 108 Å². The molecule has 0 bridgehead atoms. The minimum absolute atomic E-state index is 0.103. The second kappa shape index (κ2) is 18.0. The molecule has 0 aliphatic heterocycles. The summed E-state index contributed by atoms with van der Waals surface area (Å²) in [7, 11) is 0. The molecule has 2 unspecified atom stereocenters. The molecule has 0 heterocycles. The molecule has 3 N–H and O–H groups in total. The number of nitrogens with one attached hydrogen (secondary N) is 2. The third kappa shape index (κ3) is 12.2. The second-order valence-corrected chi connectivity index (χ2v) is 12.9. The molecule has 0 spiro atoms. The van der Waals surface area contributed by atoms with E-state index in [-0.39, 0.29) is 24.0 Å². The highest BCUT2D eigenvalue weighted by Gasteiger charge is 2.36. The molecule has 3 aromatic rings. The molecule has 3 amide bonds. The van der Waals surface area contributed by atoms with Gasteiger partial charge in [0.25, 0.3) is 0 Å². The molecule has 3 rings (SSSR count). The molecule has 0 saturated carbocycles. The van der Waals surface area contributed by atoms with E-state index in [0.29, 0.717) is 25.1 Å². The van der Waals surface area contributed by atoms with Crippen molar-refractivity contribution in [2.24, 2.45) is 0 Å². The Hall–Kier alpha value is -4.33. The van der Waals surface area contributed by atoms with Crippen LogP contribution < -0.4 is 10.6 Å². The summed E-state index contributed by atoms with van der Waals surface area (Å²) >= 11 is 0. The minimum atomic E-state index is -1.02. The molecule has 8 heteroatoms. The minimum Gasteiger partial charge on any atom is -0.508 e. The lowest BCUT2D eigenvalue weighted by Crippen LogP contribution is -2.54. The van der Waals surface area contributed by atoms with E-state index in [1.165, 1.54) is 0 Å². The van der Waals surface area contributed by atoms with Crippen LogP contribution in [0.5, 0.6) is 5.75 Å². The Bertz CT molecular complexity index is 1390. The lowest BCUT2D eigenvalue weighted by atomic mass is 9.98. The molecular weight excluding hydrogens is 578 g/mol. The van der Waals surface area contributed by atoms with Gasteiger partial charge in [-0.3, -0.25) is 9.59 Å². The van der Waals surface area contributed by atoms with Crippen molar-refractivity contribution in [2.45, 2.75) is 104 Å². The van der Waals surface area contributed by atoms with Crippen LogP contribution in [-0.4, -0.2) is 46.1 Å². The summed E-state index contributed by atoms with van der Waals surface area (Å²) in [6.07, 6.45) is 5.51. The smallest absolute Gasteiger partial charge is 0.408 e. The first-order valence-electron chi connectivity index (χ1n) is 16.4. The van der Waals surface area contributed by atoms with Crippen molar-refractivity contribution in [3.63, 3.8) is 0 Å². The number of ether oxygens (including phenoxy) is 1. The largest absolute Gasteiger partial charge is 0.508 e. The number of amides is 3. The molecule has 0 aliphatic rings. The van der Waals surface area contributed by atoms with Gasteiger partial charge < -0.3 is 25.4 Å². The maximum Gasteiger partial charge on any atom is 0.408 e. The summed E-state index contributed by atoms with van der Waals surface area (Å²) in [6, 6.07) is 21.9. The molecule has 0 fully saturated rings. The molecule has 2 atom stereocenters. The second-order valence-electron chi connectivity index (χ2n) is 12.9. The number of hydrogen-bond donors (Lipinski definition) is 3. The number of carbonyl (C=O) groups excluding carboxylic acids is 3. The molecule has 46 heavy (non-hydrogen) atoms. The molecule has 0 saturated heterocycles. The van der Waals surface area contributed by atoms with Crippen LogP contribution in [-0.2, 0) is 27.3 Å². The summed E-state index contributed by atoms with van der Waals surface area (Å²) in [5.41, 5.74) is 2.59. The van der Waals surface area contributed by atoms with Gasteiger partial charge in [0.05, 0.1) is 0 Å². The average molecular weight is 630 g/mol. The van der Waals surface area contributed by atoms with Gasteiger partial charge in [0.2, 0.25) is 11.8 Å². The number of rotatable bonds is 16. The highest BCUT2D eigenvalue weighted by atomic mass is 16.6. The van der Waals surface area contributed by atoms with Crippen LogP contribution in [0.4, 0.5) is 4.79 Å². The Morgan fingerprint density at radius 1 is 0.848 bits per heavy atom. The molecule has 8 nitrogen and oxygen atoms in total. The fourth-order valence-corrected chi connectivity index (χ4v) is 5.34. The molecule has 248 valence electrons. The normalized spacial score (nSPS) is 12.5. The number of alkyl carbamates (subject to hydrolysis) is 1. The van der Waals surface area contributed by atoms with Crippen LogP contribution in [0.2, 0.25) is 0 Å². The van der Waals surface area contributed by atoms with Crippen molar-refractivity contribution in [1.82, 2.24) is 15.5 Å². The van der Waals surface area contributed by atoms with Gasteiger partial charge in [-0.1, -0.05) is 111 Å². The molecule has 3 aromatic carbocycles. The number of phenolic OH excluding ortho intramolecular Hbond substituents is 1. The lowest BCUT2D eigenvalue weighted by molar-refractivity contribution is -0.142. The van der Waals surface area contributed by atoms with Crippen molar-refractivity contribution in [2.75, 3.05) is 6.54 Å². The predicted octanol–water partition coefficient (Wildman–Crippen LogP) is 7.38. The van der Waals surface area contributed by atoms with Crippen molar-refractivity contribution < 1.29 is 24.2 Å². The molecule has 0 radical (unpaired) electrons. The van der Waals surface area contributed by atoms with Crippen LogP contribution >= 0.6 is 0 Å². The first-order valence-corrected chi connectivity index (χ1v) is 16.4. The number of benzene rings is 3. The highest BCUT2D eigenvalue weighted by Crippen LogP contribution is 2.26. The fraction of sp³-hybridized carbons (Fsp3) is 0.447. The maximum absolute atomic E-state index is 14.7. The van der Waals surface area contributed by atoms with Crippen LogP contribution in [0.25, 0.3) is 0 Å². The van der Waals surface area contributed by atoms with Crippen LogP contribution in [0.3, 0.4) is 0 Å². The number of phenols is 1. The zero-order chi connectivity index (χ0) is 33.5. The Morgan fingerprint density at radius 3 is 2.17 bits per heavy atom. The first kappa shape index (κ1) is 36.1. The fourth-order valence-electron chi connectivity index (χ4n) is 5.34.